The smallest absolute Gasteiger partial charge is 0.0574 e. The maximum absolute atomic E-state index is 9.76. The number of aliphatic hydroxyl groups excluding tert-OH is 2. The van der Waals surface area contributed by atoms with Gasteiger partial charge in [0.25, 0.3) is 0 Å². The summed E-state index contributed by atoms with van der Waals surface area (Å²) in [6.07, 6.45) is 4.72. The number of fused-ring (bicyclic) bond motifs is 5. The van der Waals surface area contributed by atoms with Crippen molar-refractivity contribution in [1.29, 1.82) is 0 Å². The van der Waals surface area contributed by atoms with E-state index in [9.17, 15) is 5.11 Å². The van der Waals surface area contributed by atoms with Gasteiger partial charge in [0, 0.05) is 6.61 Å². The summed E-state index contributed by atoms with van der Waals surface area (Å²) in [5, 5.41) is 18.9. The van der Waals surface area contributed by atoms with Gasteiger partial charge in [-0.05, 0) is 55.3 Å². The average molecular weight is 182 g/mol. The maximum atomic E-state index is 9.76. The molecule has 3 saturated carbocycles. The Morgan fingerprint density at radius 1 is 0.923 bits per heavy atom. The molecule has 0 heterocycles. The van der Waals surface area contributed by atoms with Crippen molar-refractivity contribution >= 4 is 0 Å². The van der Waals surface area contributed by atoms with E-state index in [0.717, 1.165) is 24.2 Å². The van der Waals surface area contributed by atoms with Gasteiger partial charge in [0.1, 0.15) is 0 Å². The number of hydrogen-bond donors (Lipinski definition) is 2. The summed E-state index contributed by atoms with van der Waals surface area (Å²) in [5.74, 6) is 3.54. The van der Waals surface area contributed by atoms with Crippen molar-refractivity contribution in [3.05, 3.63) is 0 Å². The van der Waals surface area contributed by atoms with Crippen LogP contribution in [0.4, 0.5) is 0 Å². The second-order valence-corrected chi connectivity index (χ2v) is 5.31. The maximum Gasteiger partial charge on any atom is 0.0574 e. The van der Waals surface area contributed by atoms with E-state index in [1.807, 2.05) is 0 Å². The second kappa shape index (κ2) is 2.71. The van der Waals surface area contributed by atoms with E-state index >= 15 is 0 Å². The van der Waals surface area contributed by atoms with Crippen LogP contribution in [0.1, 0.15) is 25.7 Å². The van der Waals surface area contributed by atoms with E-state index in [0.29, 0.717) is 18.4 Å². The summed E-state index contributed by atoms with van der Waals surface area (Å²) >= 11 is 0. The van der Waals surface area contributed by atoms with E-state index in [4.69, 9.17) is 5.11 Å². The van der Waals surface area contributed by atoms with Crippen molar-refractivity contribution in [2.24, 2.45) is 29.6 Å². The number of aliphatic hydroxyl groups is 2. The lowest BCUT2D eigenvalue weighted by atomic mass is 9.80. The number of hydrogen-bond acceptors (Lipinski definition) is 2. The van der Waals surface area contributed by atoms with E-state index in [2.05, 4.69) is 0 Å². The minimum Gasteiger partial charge on any atom is -0.396 e. The monoisotopic (exact) mass is 182 g/mol. The van der Waals surface area contributed by atoms with Gasteiger partial charge in [0.05, 0.1) is 6.10 Å². The molecular weight excluding hydrogens is 164 g/mol. The lowest BCUT2D eigenvalue weighted by Gasteiger charge is -2.28. The van der Waals surface area contributed by atoms with Crippen LogP contribution in [0.3, 0.4) is 0 Å². The van der Waals surface area contributed by atoms with Crippen molar-refractivity contribution in [2.75, 3.05) is 6.61 Å². The fourth-order valence-electron chi connectivity index (χ4n) is 4.30. The molecule has 0 aromatic rings. The molecule has 0 saturated heterocycles. The zero-order chi connectivity index (χ0) is 9.00. The van der Waals surface area contributed by atoms with Gasteiger partial charge in [-0.3, -0.25) is 0 Å². The molecule has 3 rings (SSSR count). The molecule has 4 unspecified atom stereocenters. The highest BCUT2D eigenvalue weighted by atomic mass is 16.3. The van der Waals surface area contributed by atoms with Crippen LogP contribution in [-0.2, 0) is 0 Å². The molecule has 3 aliphatic rings. The first-order chi connectivity index (χ1) is 6.29. The molecule has 0 amide bonds. The molecule has 74 valence electrons. The third-order valence-corrected chi connectivity index (χ3v) is 4.79. The van der Waals surface area contributed by atoms with Gasteiger partial charge < -0.3 is 10.2 Å². The van der Waals surface area contributed by atoms with Crippen molar-refractivity contribution in [3.8, 4) is 0 Å². The summed E-state index contributed by atoms with van der Waals surface area (Å²) in [4.78, 5) is 0. The molecule has 3 aliphatic carbocycles. The molecule has 0 aromatic heterocycles. The predicted octanol–water partition coefficient (Wildman–Crippen LogP) is 1.02. The van der Waals surface area contributed by atoms with Gasteiger partial charge in [-0.15, -0.1) is 0 Å². The highest BCUT2D eigenvalue weighted by Gasteiger charge is 2.55. The van der Waals surface area contributed by atoms with Crippen LogP contribution in [0.2, 0.25) is 0 Å². The quantitative estimate of drug-likeness (QED) is 0.635. The molecular formula is C11H18O2. The predicted molar refractivity (Wildman–Crippen MR) is 49.0 cm³/mol. The molecule has 0 spiro atoms. The van der Waals surface area contributed by atoms with Gasteiger partial charge in [-0.2, -0.15) is 0 Å². The fraction of sp³-hybridized carbons (Fsp3) is 1.00. The van der Waals surface area contributed by atoms with Gasteiger partial charge in [-0.25, -0.2) is 0 Å². The number of rotatable bonds is 1. The van der Waals surface area contributed by atoms with E-state index < -0.39 is 0 Å². The zero-order valence-corrected chi connectivity index (χ0v) is 7.89. The second-order valence-electron chi connectivity index (χ2n) is 5.31. The zero-order valence-electron chi connectivity index (χ0n) is 7.89. The molecule has 2 nitrogen and oxygen atoms in total. The van der Waals surface area contributed by atoms with E-state index in [1.165, 1.54) is 19.3 Å². The highest BCUT2D eigenvalue weighted by Crippen LogP contribution is 2.59. The first kappa shape index (κ1) is 8.25. The molecule has 2 heteroatoms. The third kappa shape index (κ3) is 1.02. The van der Waals surface area contributed by atoms with Crippen LogP contribution < -0.4 is 0 Å². The summed E-state index contributed by atoms with van der Waals surface area (Å²) in [6, 6.07) is 0. The van der Waals surface area contributed by atoms with Crippen LogP contribution in [-0.4, -0.2) is 22.9 Å². The van der Waals surface area contributed by atoms with Crippen LogP contribution >= 0.6 is 0 Å². The summed E-state index contributed by atoms with van der Waals surface area (Å²) in [7, 11) is 0. The summed E-state index contributed by atoms with van der Waals surface area (Å²) < 4.78 is 0. The molecule has 0 aromatic carbocycles. The van der Waals surface area contributed by atoms with Gasteiger partial charge in [0.2, 0.25) is 0 Å². The molecule has 3 fully saturated rings. The fourth-order valence-corrected chi connectivity index (χ4v) is 4.30. The standard InChI is InChI=1S/C11H18O2/c12-5-6-1-8-7-3-10(9(8)2-6)11(13)4-7/h6-13H,1-5H2/t6?,7-,8?,9?,10-,11?/m1/s1. The first-order valence-corrected chi connectivity index (χ1v) is 5.58. The van der Waals surface area contributed by atoms with Crippen molar-refractivity contribution < 1.29 is 10.2 Å². The Morgan fingerprint density at radius 3 is 2.46 bits per heavy atom. The Labute approximate surface area is 79.0 Å². The molecule has 0 aliphatic heterocycles. The molecule has 13 heavy (non-hydrogen) atoms. The van der Waals surface area contributed by atoms with E-state index in [-0.39, 0.29) is 6.10 Å². The van der Waals surface area contributed by atoms with Gasteiger partial charge in [0.15, 0.2) is 0 Å². The van der Waals surface area contributed by atoms with Crippen molar-refractivity contribution in [1.82, 2.24) is 0 Å². The third-order valence-electron chi connectivity index (χ3n) is 4.79. The van der Waals surface area contributed by atoms with Crippen molar-refractivity contribution in [2.45, 2.75) is 31.8 Å². The molecule has 2 bridgehead atoms. The molecule has 6 atom stereocenters. The highest BCUT2D eigenvalue weighted by molar-refractivity contribution is 5.04. The Morgan fingerprint density at radius 2 is 1.69 bits per heavy atom. The Balaban J connectivity index is 1.79. The van der Waals surface area contributed by atoms with Crippen LogP contribution in [0, 0.1) is 29.6 Å². The normalized spacial score (nSPS) is 58.6. The van der Waals surface area contributed by atoms with Crippen LogP contribution in [0.25, 0.3) is 0 Å². The lowest BCUT2D eigenvalue weighted by Crippen LogP contribution is -2.27. The van der Waals surface area contributed by atoms with E-state index in [1.54, 1.807) is 0 Å². The minimum absolute atomic E-state index is 0.0105. The Kier molecular flexibility index (Phi) is 1.72. The summed E-state index contributed by atoms with van der Waals surface area (Å²) in [5.41, 5.74) is 0. The van der Waals surface area contributed by atoms with Gasteiger partial charge >= 0.3 is 0 Å². The first-order valence-electron chi connectivity index (χ1n) is 5.58. The summed E-state index contributed by atoms with van der Waals surface area (Å²) in [6.45, 7) is 0.364. The van der Waals surface area contributed by atoms with Crippen LogP contribution in [0.15, 0.2) is 0 Å². The van der Waals surface area contributed by atoms with Crippen LogP contribution in [0.5, 0.6) is 0 Å². The molecule has 2 N–H and O–H groups in total. The Bertz CT molecular complexity index is 216. The molecule has 0 radical (unpaired) electrons. The van der Waals surface area contributed by atoms with Gasteiger partial charge in [-0.1, -0.05) is 0 Å². The van der Waals surface area contributed by atoms with Crippen molar-refractivity contribution in [3.63, 3.8) is 0 Å². The Hall–Kier alpha value is -0.0800. The topological polar surface area (TPSA) is 40.5 Å². The minimum atomic E-state index is -0.0105. The SMILES string of the molecule is OCC1CC2C(C1)[C@H]1C[C@@H]2CC1O. The average Bonchev–Trinajstić information content (AvgIpc) is 2.71. The lowest BCUT2D eigenvalue weighted by molar-refractivity contribution is 0.0638. The largest absolute Gasteiger partial charge is 0.396 e.